The summed E-state index contributed by atoms with van der Waals surface area (Å²) >= 11 is 0. The summed E-state index contributed by atoms with van der Waals surface area (Å²) in [5, 5.41) is 13.4. The molecule has 2 aromatic heterocycles. The number of aliphatic hydroxyl groups is 1. The highest BCUT2D eigenvalue weighted by Gasteiger charge is 2.15. The van der Waals surface area contributed by atoms with Crippen LogP contribution >= 0.6 is 0 Å². The second kappa shape index (κ2) is 7.17. The van der Waals surface area contributed by atoms with E-state index >= 15 is 0 Å². The lowest BCUT2D eigenvalue weighted by atomic mass is 10.2. The van der Waals surface area contributed by atoms with Crippen LogP contribution in [0.5, 0.6) is 0 Å². The molecule has 0 aliphatic carbocycles. The average molecular weight is 302 g/mol. The van der Waals surface area contributed by atoms with Gasteiger partial charge in [-0.15, -0.1) is 0 Å². The average Bonchev–Trinajstić information content (AvgIpc) is 2.85. The molecule has 0 aliphatic heterocycles. The zero-order valence-electron chi connectivity index (χ0n) is 13.3. The molecule has 2 rings (SSSR count). The Morgan fingerprint density at radius 3 is 2.59 bits per heavy atom. The SMILES string of the molecule is CCCN(CCO)C(=O)c1ccc(-n2nc(C)cc2C)nc1. The summed E-state index contributed by atoms with van der Waals surface area (Å²) in [7, 11) is 0. The first kappa shape index (κ1) is 16.2. The van der Waals surface area contributed by atoms with Gasteiger partial charge in [0.1, 0.15) is 0 Å². The Bertz CT molecular complexity index is 628. The lowest BCUT2D eigenvalue weighted by molar-refractivity contribution is 0.0721. The summed E-state index contributed by atoms with van der Waals surface area (Å²) in [6.07, 6.45) is 2.41. The summed E-state index contributed by atoms with van der Waals surface area (Å²) in [6, 6.07) is 5.52. The fourth-order valence-electron chi connectivity index (χ4n) is 2.39. The predicted octanol–water partition coefficient (Wildman–Crippen LogP) is 1.73. The van der Waals surface area contributed by atoms with Gasteiger partial charge in [0.05, 0.1) is 17.9 Å². The first-order valence-corrected chi connectivity index (χ1v) is 7.46. The second-order valence-electron chi connectivity index (χ2n) is 5.26. The highest BCUT2D eigenvalue weighted by Crippen LogP contribution is 2.11. The molecule has 6 nitrogen and oxygen atoms in total. The molecule has 2 heterocycles. The zero-order chi connectivity index (χ0) is 16.1. The van der Waals surface area contributed by atoms with E-state index in [0.717, 1.165) is 17.8 Å². The molecule has 6 heteroatoms. The van der Waals surface area contributed by atoms with Crippen LogP contribution < -0.4 is 0 Å². The van der Waals surface area contributed by atoms with E-state index in [1.165, 1.54) is 0 Å². The topological polar surface area (TPSA) is 71.2 Å². The lowest BCUT2D eigenvalue weighted by Crippen LogP contribution is -2.34. The van der Waals surface area contributed by atoms with Gasteiger partial charge in [-0.25, -0.2) is 9.67 Å². The Morgan fingerprint density at radius 2 is 2.09 bits per heavy atom. The first-order valence-electron chi connectivity index (χ1n) is 7.46. The maximum absolute atomic E-state index is 12.4. The highest BCUT2D eigenvalue weighted by atomic mass is 16.3. The van der Waals surface area contributed by atoms with Crippen molar-refractivity contribution in [3.63, 3.8) is 0 Å². The summed E-state index contributed by atoms with van der Waals surface area (Å²) in [6.45, 7) is 6.82. The maximum atomic E-state index is 12.4. The van der Waals surface area contributed by atoms with Gasteiger partial charge in [-0.1, -0.05) is 6.92 Å². The predicted molar refractivity (Wildman–Crippen MR) is 84.1 cm³/mol. The van der Waals surface area contributed by atoms with E-state index in [-0.39, 0.29) is 12.5 Å². The molecule has 0 bridgehead atoms. The molecule has 0 atom stereocenters. The quantitative estimate of drug-likeness (QED) is 0.882. The van der Waals surface area contributed by atoms with Crippen LogP contribution in [0, 0.1) is 13.8 Å². The molecule has 0 radical (unpaired) electrons. The number of carbonyl (C=O) groups is 1. The van der Waals surface area contributed by atoms with Crippen LogP contribution in [0.1, 0.15) is 35.1 Å². The maximum Gasteiger partial charge on any atom is 0.255 e. The van der Waals surface area contributed by atoms with Crippen LogP contribution in [0.25, 0.3) is 5.82 Å². The number of hydrogen-bond donors (Lipinski definition) is 1. The van der Waals surface area contributed by atoms with Crippen molar-refractivity contribution in [1.82, 2.24) is 19.7 Å². The number of nitrogens with zero attached hydrogens (tertiary/aromatic N) is 4. The largest absolute Gasteiger partial charge is 0.395 e. The molecule has 0 aliphatic rings. The van der Waals surface area contributed by atoms with E-state index in [0.29, 0.717) is 24.5 Å². The minimum Gasteiger partial charge on any atom is -0.395 e. The van der Waals surface area contributed by atoms with Crippen LogP contribution in [0.4, 0.5) is 0 Å². The molecule has 0 saturated heterocycles. The van der Waals surface area contributed by atoms with Crippen molar-refractivity contribution in [2.75, 3.05) is 19.7 Å². The molecule has 1 amide bonds. The number of aliphatic hydroxyl groups excluding tert-OH is 1. The van der Waals surface area contributed by atoms with E-state index in [1.54, 1.807) is 27.9 Å². The van der Waals surface area contributed by atoms with Crippen molar-refractivity contribution >= 4 is 5.91 Å². The number of aryl methyl sites for hydroxylation is 2. The number of rotatable bonds is 6. The van der Waals surface area contributed by atoms with Crippen LogP contribution in [0.3, 0.4) is 0 Å². The smallest absolute Gasteiger partial charge is 0.255 e. The third-order valence-corrected chi connectivity index (χ3v) is 3.37. The van der Waals surface area contributed by atoms with E-state index in [1.807, 2.05) is 26.8 Å². The number of amides is 1. The fraction of sp³-hybridized carbons (Fsp3) is 0.438. The Hall–Kier alpha value is -2.21. The summed E-state index contributed by atoms with van der Waals surface area (Å²) in [5.74, 6) is 0.578. The monoisotopic (exact) mass is 302 g/mol. The fourth-order valence-corrected chi connectivity index (χ4v) is 2.39. The summed E-state index contributed by atoms with van der Waals surface area (Å²) in [5.41, 5.74) is 2.45. The molecule has 0 saturated carbocycles. The minimum absolute atomic E-state index is 0.0387. The number of pyridine rings is 1. The van der Waals surface area contributed by atoms with Gasteiger partial charge in [-0.2, -0.15) is 5.10 Å². The molecule has 0 aromatic carbocycles. The van der Waals surface area contributed by atoms with Crippen LogP contribution in [-0.2, 0) is 0 Å². The van der Waals surface area contributed by atoms with E-state index in [4.69, 9.17) is 5.11 Å². The number of hydrogen-bond acceptors (Lipinski definition) is 4. The van der Waals surface area contributed by atoms with Gasteiger partial charge in [0, 0.05) is 25.0 Å². The van der Waals surface area contributed by atoms with Crippen molar-refractivity contribution in [1.29, 1.82) is 0 Å². The lowest BCUT2D eigenvalue weighted by Gasteiger charge is -2.20. The third-order valence-electron chi connectivity index (χ3n) is 3.37. The van der Waals surface area contributed by atoms with Gasteiger partial charge < -0.3 is 10.0 Å². The molecule has 1 N–H and O–H groups in total. The van der Waals surface area contributed by atoms with E-state index < -0.39 is 0 Å². The Kier molecular flexibility index (Phi) is 5.27. The Morgan fingerprint density at radius 1 is 1.32 bits per heavy atom. The van der Waals surface area contributed by atoms with Crippen LogP contribution in [-0.4, -0.2) is 50.4 Å². The van der Waals surface area contributed by atoms with E-state index in [9.17, 15) is 4.79 Å². The van der Waals surface area contributed by atoms with Gasteiger partial charge in [-0.05, 0) is 38.5 Å². The molecule has 0 unspecified atom stereocenters. The van der Waals surface area contributed by atoms with Gasteiger partial charge in [0.25, 0.3) is 5.91 Å². The minimum atomic E-state index is -0.108. The standard InChI is InChI=1S/C16H22N4O2/c1-4-7-19(8-9-21)16(22)14-5-6-15(17-11-14)20-13(3)10-12(2)18-20/h5-6,10-11,21H,4,7-9H2,1-3H3. The molecule has 22 heavy (non-hydrogen) atoms. The van der Waals surface area contributed by atoms with Crippen molar-refractivity contribution in [3.8, 4) is 5.82 Å². The van der Waals surface area contributed by atoms with Crippen molar-refractivity contribution in [2.24, 2.45) is 0 Å². The zero-order valence-corrected chi connectivity index (χ0v) is 13.3. The molecular formula is C16H22N4O2. The number of aromatic nitrogens is 3. The van der Waals surface area contributed by atoms with Gasteiger partial charge >= 0.3 is 0 Å². The molecule has 0 fully saturated rings. The van der Waals surface area contributed by atoms with Gasteiger partial charge in [0.15, 0.2) is 5.82 Å². The molecule has 0 spiro atoms. The molecule has 2 aromatic rings. The summed E-state index contributed by atoms with van der Waals surface area (Å²) < 4.78 is 1.75. The summed E-state index contributed by atoms with van der Waals surface area (Å²) in [4.78, 5) is 18.4. The van der Waals surface area contributed by atoms with Gasteiger partial charge in [0.2, 0.25) is 0 Å². The molecular weight excluding hydrogens is 280 g/mol. The van der Waals surface area contributed by atoms with E-state index in [2.05, 4.69) is 10.1 Å². The number of carbonyl (C=O) groups excluding carboxylic acids is 1. The second-order valence-corrected chi connectivity index (χ2v) is 5.26. The highest BCUT2D eigenvalue weighted by molar-refractivity contribution is 5.94. The van der Waals surface area contributed by atoms with Crippen LogP contribution in [0.2, 0.25) is 0 Å². The van der Waals surface area contributed by atoms with Gasteiger partial charge in [-0.3, -0.25) is 4.79 Å². The Balaban J connectivity index is 2.20. The molecule has 118 valence electrons. The Labute approximate surface area is 130 Å². The van der Waals surface area contributed by atoms with Crippen LogP contribution in [0.15, 0.2) is 24.4 Å². The van der Waals surface area contributed by atoms with Crippen molar-refractivity contribution < 1.29 is 9.90 Å². The normalized spacial score (nSPS) is 10.7. The first-order chi connectivity index (χ1) is 10.6. The third kappa shape index (κ3) is 3.51. The van der Waals surface area contributed by atoms with Crippen molar-refractivity contribution in [3.05, 3.63) is 41.3 Å². The van der Waals surface area contributed by atoms with Crippen molar-refractivity contribution in [2.45, 2.75) is 27.2 Å².